The van der Waals surface area contributed by atoms with Gasteiger partial charge in [-0.25, -0.2) is 4.98 Å². The van der Waals surface area contributed by atoms with E-state index in [-0.39, 0.29) is 11.8 Å². The standard InChI is InChI=1S/C24H27ClN4O3/c1-27-11-4-5-12-28(14-15-32-22-9-8-18(25)16-19(22)24(27)31)23(30)10-13-29-17-26-20-6-2-3-7-21(20)29/h2-3,6-9,16-17H,4-5,10-15H2,1H3. The van der Waals surface area contributed by atoms with Crippen LogP contribution in [-0.4, -0.2) is 64.5 Å². The molecule has 0 N–H and O–H groups in total. The molecule has 0 fully saturated rings. The maximum Gasteiger partial charge on any atom is 0.257 e. The third kappa shape index (κ3) is 5.05. The van der Waals surface area contributed by atoms with Crippen molar-refractivity contribution in [2.45, 2.75) is 25.8 Å². The van der Waals surface area contributed by atoms with Crippen LogP contribution in [0.1, 0.15) is 29.6 Å². The van der Waals surface area contributed by atoms with E-state index in [0.29, 0.717) is 55.5 Å². The van der Waals surface area contributed by atoms with Gasteiger partial charge in [-0.3, -0.25) is 9.59 Å². The molecule has 2 aromatic carbocycles. The summed E-state index contributed by atoms with van der Waals surface area (Å²) in [6.45, 7) is 2.60. The lowest BCUT2D eigenvalue weighted by molar-refractivity contribution is -0.131. The Morgan fingerprint density at radius 2 is 1.94 bits per heavy atom. The number of hydrogen-bond acceptors (Lipinski definition) is 4. The summed E-state index contributed by atoms with van der Waals surface area (Å²) in [7, 11) is 1.77. The highest BCUT2D eigenvalue weighted by atomic mass is 35.5. The fraction of sp³-hybridized carbons (Fsp3) is 0.375. The zero-order valence-electron chi connectivity index (χ0n) is 18.2. The van der Waals surface area contributed by atoms with Gasteiger partial charge in [0.25, 0.3) is 5.91 Å². The number of halogens is 1. The van der Waals surface area contributed by atoms with Crippen LogP contribution in [0.2, 0.25) is 5.02 Å². The summed E-state index contributed by atoms with van der Waals surface area (Å²) in [5, 5.41) is 0.491. The van der Waals surface area contributed by atoms with Gasteiger partial charge in [0.15, 0.2) is 0 Å². The second-order valence-corrected chi connectivity index (χ2v) is 8.42. The van der Waals surface area contributed by atoms with Gasteiger partial charge in [0.2, 0.25) is 5.91 Å². The van der Waals surface area contributed by atoms with Crippen molar-refractivity contribution < 1.29 is 14.3 Å². The van der Waals surface area contributed by atoms with E-state index in [4.69, 9.17) is 16.3 Å². The zero-order chi connectivity index (χ0) is 22.5. The van der Waals surface area contributed by atoms with Gasteiger partial charge in [0, 0.05) is 38.1 Å². The molecule has 0 saturated carbocycles. The first kappa shape index (κ1) is 22.1. The van der Waals surface area contributed by atoms with Gasteiger partial charge in [-0.1, -0.05) is 23.7 Å². The summed E-state index contributed by atoms with van der Waals surface area (Å²) in [4.78, 5) is 33.7. The SMILES string of the molecule is CN1CCCCN(C(=O)CCn2cnc3ccccc32)CCOc2ccc(Cl)cc2C1=O. The van der Waals surface area contributed by atoms with Crippen LogP contribution in [0.4, 0.5) is 0 Å². The Kier molecular flexibility index (Phi) is 6.95. The van der Waals surface area contributed by atoms with E-state index >= 15 is 0 Å². The molecule has 0 aliphatic carbocycles. The van der Waals surface area contributed by atoms with Crippen molar-refractivity contribution in [2.75, 3.05) is 33.3 Å². The molecule has 168 valence electrons. The Hall–Kier alpha value is -3.06. The van der Waals surface area contributed by atoms with Crippen LogP contribution >= 0.6 is 11.6 Å². The van der Waals surface area contributed by atoms with Gasteiger partial charge in [-0.15, -0.1) is 0 Å². The maximum atomic E-state index is 13.0. The van der Waals surface area contributed by atoms with E-state index in [2.05, 4.69) is 4.98 Å². The molecule has 3 aromatic rings. The Morgan fingerprint density at radius 3 is 2.81 bits per heavy atom. The molecule has 0 radical (unpaired) electrons. The normalized spacial score (nSPS) is 15.6. The Labute approximate surface area is 192 Å². The van der Waals surface area contributed by atoms with Crippen molar-refractivity contribution in [3.63, 3.8) is 0 Å². The number of rotatable bonds is 3. The van der Waals surface area contributed by atoms with Gasteiger partial charge in [0.1, 0.15) is 12.4 Å². The third-order valence-corrected chi connectivity index (χ3v) is 5.99. The molecule has 8 heteroatoms. The largest absolute Gasteiger partial charge is 0.491 e. The highest BCUT2D eigenvalue weighted by Gasteiger charge is 2.20. The first-order chi connectivity index (χ1) is 15.5. The number of carbonyl (C=O) groups excluding carboxylic acids is 2. The fourth-order valence-electron chi connectivity index (χ4n) is 3.94. The lowest BCUT2D eigenvalue weighted by Crippen LogP contribution is -2.37. The molecule has 4 rings (SSSR count). The highest BCUT2D eigenvalue weighted by molar-refractivity contribution is 6.31. The van der Waals surface area contributed by atoms with Crippen molar-refractivity contribution in [1.82, 2.24) is 19.4 Å². The molecular formula is C24H27ClN4O3. The maximum absolute atomic E-state index is 13.0. The summed E-state index contributed by atoms with van der Waals surface area (Å²) in [6.07, 6.45) is 3.81. The van der Waals surface area contributed by atoms with Gasteiger partial charge in [0.05, 0.1) is 29.5 Å². The number of benzene rings is 2. The molecule has 0 unspecified atom stereocenters. The highest BCUT2D eigenvalue weighted by Crippen LogP contribution is 2.25. The van der Waals surface area contributed by atoms with Crippen LogP contribution in [0, 0.1) is 0 Å². The minimum Gasteiger partial charge on any atom is -0.491 e. The average Bonchev–Trinajstić information content (AvgIpc) is 3.21. The molecule has 0 spiro atoms. The molecule has 0 saturated heterocycles. The summed E-state index contributed by atoms with van der Waals surface area (Å²) < 4.78 is 7.92. The van der Waals surface area contributed by atoms with Gasteiger partial charge >= 0.3 is 0 Å². The predicted octanol–water partition coefficient (Wildman–Crippen LogP) is 3.85. The number of para-hydroxylation sites is 2. The smallest absolute Gasteiger partial charge is 0.257 e. The topological polar surface area (TPSA) is 67.7 Å². The van der Waals surface area contributed by atoms with Crippen molar-refractivity contribution in [3.8, 4) is 5.75 Å². The second kappa shape index (κ2) is 10.0. The number of imidazole rings is 1. The van der Waals surface area contributed by atoms with Crippen molar-refractivity contribution >= 4 is 34.4 Å². The first-order valence-corrected chi connectivity index (χ1v) is 11.3. The van der Waals surface area contributed by atoms with E-state index in [1.165, 1.54) is 0 Å². The number of aryl methyl sites for hydroxylation is 1. The molecule has 2 amide bonds. The number of amides is 2. The monoisotopic (exact) mass is 454 g/mol. The Balaban J connectivity index is 1.43. The molecule has 1 aromatic heterocycles. The van der Waals surface area contributed by atoms with Crippen LogP contribution in [-0.2, 0) is 11.3 Å². The van der Waals surface area contributed by atoms with Crippen LogP contribution < -0.4 is 4.74 Å². The van der Waals surface area contributed by atoms with Crippen molar-refractivity contribution in [2.24, 2.45) is 0 Å². The number of nitrogens with zero attached hydrogens (tertiary/aromatic N) is 4. The van der Waals surface area contributed by atoms with E-state index in [9.17, 15) is 9.59 Å². The fourth-order valence-corrected chi connectivity index (χ4v) is 4.12. The van der Waals surface area contributed by atoms with E-state index in [0.717, 1.165) is 23.9 Å². The Morgan fingerprint density at radius 1 is 1.12 bits per heavy atom. The van der Waals surface area contributed by atoms with E-state index < -0.39 is 0 Å². The molecule has 32 heavy (non-hydrogen) atoms. The summed E-state index contributed by atoms with van der Waals surface area (Å²) in [5.74, 6) is 0.469. The molecular weight excluding hydrogens is 428 g/mol. The quantitative estimate of drug-likeness (QED) is 0.602. The predicted molar refractivity (Wildman–Crippen MR) is 124 cm³/mol. The van der Waals surface area contributed by atoms with Crippen molar-refractivity contribution in [1.29, 1.82) is 0 Å². The van der Waals surface area contributed by atoms with Crippen LogP contribution in [0.25, 0.3) is 11.0 Å². The van der Waals surface area contributed by atoms with Gasteiger partial charge < -0.3 is 19.1 Å². The van der Waals surface area contributed by atoms with Gasteiger partial charge in [-0.05, 0) is 43.2 Å². The number of fused-ring (bicyclic) bond motifs is 2. The van der Waals surface area contributed by atoms with Crippen LogP contribution in [0.3, 0.4) is 0 Å². The van der Waals surface area contributed by atoms with Crippen LogP contribution in [0.15, 0.2) is 48.8 Å². The molecule has 1 aliphatic rings. The lowest BCUT2D eigenvalue weighted by Gasteiger charge is -2.26. The number of aromatic nitrogens is 2. The molecule has 2 heterocycles. The van der Waals surface area contributed by atoms with E-state index in [1.807, 2.05) is 33.7 Å². The second-order valence-electron chi connectivity index (χ2n) is 7.98. The average molecular weight is 455 g/mol. The number of hydrogen-bond donors (Lipinski definition) is 0. The van der Waals surface area contributed by atoms with Gasteiger partial charge in [-0.2, -0.15) is 0 Å². The zero-order valence-corrected chi connectivity index (χ0v) is 18.9. The van der Waals surface area contributed by atoms with Crippen molar-refractivity contribution in [3.05, 3.63) is 59.4 Å². The lowest BCUT2D eigenvalue weighted by atomic mass is 10.1. The number of carbonyl (C=O) groups is 2. The molecule has 7 nitrogen and oxygen atoms in total. The third-order valence-electron chi connectivity index (χ3n) is 5.76. The summed E-state index contributed by atoms with van der Waals surface area (Å²) in [5.41, 5.74) is 2.41. The summed E-state index contributed by atoms with van der Waals surface area (Å²) >= 11 is 6.11. The molecule has 0 atom stereocenters. The minimum atomic E-state index is -0.108. The molecule has 0 bridgehead atoms. The van der Waals surface area contributed by atoms with Crippen LogP contribution in [0.5, 0.6) is 5.75 Å². The minimum absolute atomic E-state index is 0.0872. The first-order valence-electron chi connectivity index (χ1n) is 10.9. The van der Waals surface area contributed by atoms with E-state index in [1.54, 1.807) is 36.5 Å². The number of ether oxygens (including phenoxy) is 1. The Bertz CT molecular complexity index is 1110. The summed E-state index contributed by atoms with van der Waals surface area (Å²) in [6, 6.07) is 13.0. The molecule has 1 aliphatic heterocycles.